The van der Waals surface area contributed by atoms with Crippen LogP contribution < -0.4 is 5.32 Å². The fourth-order valence-corrected chi connectivity index (χ4v) is 4.01. The van der Waals surface area contributed by atoms with E-state index in [-0.39, 0.29) is 11.9 Å². The van der Waals surface area contributed by atoms with E-state index in [9.17, 15) is 9.59 Å². The highest BCUT2D eigenvalue weighted by Crippen LogP contribution is 2.29. The van der Waals surface area contributed by atoms with E-state index < -0.39 is 11.9 Å². The largest absolute Gasteiger partial charge is 0.481 e. The predicted molar refractivity (Wildman–Crippen MR) is 79.6 cm³/mol. The van der Waals surface area contributed by atoms with Crippen LogP contribution in [0.5, 0.6) is 0 Å². The standard InChI is InChI=1S/C14H17N3O3S/c1-7-9-6-11(21-13(9)17(2)16-7)12(18)15-10-5-3-4-8(10)14(19)20/h6,8,10H,3-5H2,1-2H3,(H,15,18)(H,19,20). The Morgan fingerprint density at radius 3 is 2.90 bits per heavy atom. The van der Waals surface area contributed by atoms with Crippen molar-refractivity contribution < 1.29 is 14.7 Å². The minimum atomic E-state index is -0.825. The lowest BCUT2D eigenvalue weighted by Gasteiger charge is -2.16. The second-order valence-electron chi connectivity index (χ2n) is 5.49. The van der Waals surface area contributed by atoms with Crippen LogP contribution in [0.3, 0.4) is 0 Å². The molecule has 0 saturated heterocycles. The highest BCUT2D eigenvalue weighted by atomic mass is 32.1. The predicted octanol–water partition coefficient (Wildman–Crippen LogP) is 1.93. The van der Waals surface area contributed by atoms with Crippen LogP contribution in [0.15, 0.2) is 6.07 Å². The third-order valence-electron chi connectivity index (χ3n) is 4.07. The number of aliphatic carboxylic acids is 1. The molecule has 0 radical (unpaired) electrons. The Bertz CT molecular complexity index is 684. The lowest BCUT2D eigenvalue weighted by atomic mass is 10.0. The van der Waals surface area contributed by atoms with Gasteiger partial charge in [-0.1, -0.05) is 6.42 Å². The number of carboxylic acid groups (broad SMARTS) is 1. The highest BCUT2D eigenvalue weighted by molar-refractivity contribution is 7.20. The molecule has 1 saturated carbocycles. The number of rotatable bonds is 3. The lowest BCUT2D eigenvalue weighted by Crippen LogP contribution is -2.39. The molecule has 1 aliphatic carbocycles. The van der Waals surface area contributed by atoms with Crippen molar-refractivity contribution in [1.29, 1.82) is 0 Å². The SMILES string of the molecule is Cc1nn(C)c2sc(C(=O)NC3CCCC3C(=O)O)cc12. The van der Waals surface area contributed by atoms with E-state index in [1.807, 2.05) is 20.0 Å². The summed E-state index contributed by atoms with van der Waals surface area (Å²) in [5.74, 6) is -1.48. The number of hydrogen-bond acceptors (Lipinski definition) is 4. The Balaban J connectivity index is 1.81. The summed E-state index contributed by atoms with van der Waals surface area (Å²) in [6.45, 7) is 1.91. The first-order chi connectivity index (χ1) is 9.97. The fourth-order valence-electron chi connectivity index (χ4n) is 2.99. The third kappa shape index (κ3) is 2.42. The van der Waals surface area contributed by atoms with Gasteiger partial charge in [0.25, 0.3) is 5.91 Å². The number of hydrogen-bond donors (Lipinski definition) is 2. The summed E-state index contributed by atoms with van der Waals surface area (Å²) < 4.78 is 1.77. The highest BCUT2D eigenvalue weighted by Gasteiger charge is 2.34. The lowest BCUT2D eigenvalue weighted by molar-refractivity contribution is -0.142. The fraction of sp³-hybridized carbons (Fsp3) is 0.500. The van der Waals surface area contributed by atoms with Crippen LogP contribution in [0.4, 0.5) is 0 Å². The minimum absolute atomic E-state index is 0.186. The molecule has 0 aromatic carbocycles. The zero-order chi connectivity index (χ0) is 15.1. The van der Waals surface area contributed by atoms with Gasteiger partial charge in [-0.3, -0.25) is 14.3 Å². The molecular weight excluding hydrogens is 290 g/mol. The Kier molecular flexibility index (Phi) is 3.44. The molecule has 2 heterocycles. The van der Waals surface area contributed by atoms with E-state index >= 15 is 0 Å². The summed E-state index contributed by atoms with van der Waals surface area (Å²) in [4.78, 5) is 25.1. The number of carbonyl (C=O) groups is 2. The molecule has 2 aromatic rings. The molecular formula is C14H17N3O3S. The summed E-state index contributed by atoms with van der Waals surface area (Å²) in [5, 5.41) is 17.3. The molecule has 112 valence electrons. The van der Waals surface area contributed by atoms with E-state index in [1.165, 1.54) is 11.3 Å². The monoisotopic (exact) mass is 307 g/mol. The van der Waals surface area contributed by atoms with Gasteiger partial charge in [-0.2, -0.15) is 5.10 Å². The van der Waals surface area contributed by atoms with E-state index in [0.717, 1.165) is 28.8 Å². The number of fused-ring (bicyclic) bond motifs is 1. The molecule has 1 fully saturated rings. The van der Waals surface area contributed by atoms with Crippen molar-refractivity contribution in [1.82, 2.24) is 15.1 Å². The molecule has 2 atom stereocenters. The zero-order valence-electron chi connectivity index (χ0n) is 11.9. The Hall–Kier alpha value is -1.89. The summed E-state index contributed by atoms with van der Waals surface area (Å²) in [5.41, 5.74) is 0.895. The number of nitrogens with one attached hydrogen (secondary N) is 1. The number of carbonyl (C=O) groups excluding carboxylic acids is 1. The van der Waals surface area contributed by atoms with Crippen molar-refractivity contribution in [3.8, 4) is 0 Å². The van der Waals surface area contributed by atoms with Gasteiger partial charge in [0, 0.05) is 18.5 Å². The van der Waals surface area contributed by atoms with Crippen LogP contribution in [0.25, 0.3) is 10.2 Å². The van der Waals surface area contributed by atoms with Gasteiger partial charge < -0.3 is 10.4 Å². The molecule has 1 aliphatic rings. The van der Waals surface area contributed by atoms with E-state index in [0.29, 0.717) is 11.3 Å². The maximum atomic E-state index is 12.3. The number of nitrogens with zero attached hydrogens (tertiary/aromatic N) is 2. The van der Waals surface area contributed by atoms with Gasteiger partial charge in [0.05, 0.1) is 16.5 Å². The second kappa shape index (κ2) is 5.14. The molecule has 21 heavy (non-hydrogen) atoms. The van der Waals surface area contributed by atoms with Gasteiger partial charge in [-0.05, 0) is 25.8 Å². The van der Waals surface area contributed by atoms with Gasteiger partial charge in [-0.15, -0.1) is 11.3 Å². The average Bonchev–Trinajstić information content (AvgIpc) is 3.08. The third-order valence-corrected chi connectivity index (χ3v) is 5.27. The number of aromatic nitrogens is 2. The summed E-state index contributed by atoms with van der Waals surface area (Å²) in [6.07, 6.45) is 2.21. The van der Waals surface area contributed by atoms with Crippen LogP contribution >= 0.6 is 11.3 Å². The van der Waals surface area contributed by atoms with Crippen molar-refractivity contribution >= 4 is 33.4 Å². The van der Waals surface area contributed by atoms with E-state index in [1.54, 1.807) is 4.68 Å². The number of carboxylic acids is 1. The molecule has 6 nitrogen and oxygen atoms in total. The van der Waals surface area contributed by atoms with Crippen molar-refractivity contribution in [2.24, 2.45) is 13.0 Å². The van der Waals surface area contributed by atoms with Crippen LogP contribution in [-0.2, 0) is 11.8 Å². The number of amides is 1. The minimum Gasteiger partial charge on any atom is -0.481 e. The number of thiophene rings is 1. The smallest absolute Gasteiger partial charge is 0.308 e. The van der Waals surface area contributed by atoms with Crippen LogP contribution in [0.1, 0.15) is 34.6 Å². The normalized spacial score (nSPS) is 21.8. The van der Waals surface area contributed by atoms with Crippen molar-refractivity contribution in [2.45, 2.75) is 32.2 Å². The first-order valence-electron chi connectivity index (χ1n) is 6.94. The van der Waals surface area contributed by atoms with Crippen molar-refractivity contribution in [3.63, 3.8) is 0 Å². The van der Waals surface area contributed by atoms with Crippen molar-refractivity contribution in [2.75, 3.05) is 0 Å². The molecule has 3 rings (SSSR count). The number of aryl methyl sites for hydroxylation is 2. The van der Waals surface area contributed by atoms with Gasteiger partial charge in [0.1, 0.15) is 4.83 Å². The average molecular weight is 307 g/mol. The van der Waals surface area contributed by atoms with Gasteiger partial charge >= 0.3 is 5.97 Å². The Morgan fingerprint density at radius 1 is 1.48 bits per heavy atom. The van der Waals surface area contributed by atoms with Crippen LogP contribution in [0.2, 0.25) is 0 Å². The molecule has 2 unspecified atom stereocenters. The molecule has 2 aromatic heterocycles. The molecule has 7 heteroatoms. The van der Waals surface area contributed by atoms with E-state index in [2.05, 4.69) is 10.4 Å². The quantitative estimate of drug-likeness (QED) is 0.907. The Morgan fingerprint density at radius 2 is 2.24 bits per heavy atom. The van der Waals surface area contributed by atoms with Crippen LogP contribution in [0, 0.1) is 12.8 Å². The van der Waals surface area contributed by atoms with Gasteiger partial charge in [0.2, 0.25) is 0 Å². The second-order valence-corrected chi connectivity index (χ2v) is 6.52. The summed E-state index contributed by atoms with van der Waals surface area (Å²) in [7, 11) is 1.85. The maximum absolute atomic E-state index is 12.3. The molecule has 0 bridgehead atoms. The topological polar surface area (TPSA) is 84.2 Å². The molecule has 2 N–H and O–H groups in total. The molecule has 1 amide bonds. The van der Waals surface area contributed by atoms with E-state index in [4.69, 9.17) is 5.11 Å². The molecule has 0 aliphatic heterocycles. The first-order valence-corrected chi connectivity index (χ1v) is 7.76. The molecule has 0 spiro atoms. The van der Waals surface area contributed by atoms with Crippen LogP contribution in [-0.4, -0.2) is 32.8 Å². The first kappa shape index (κ1) is 14.1. The Labute approximate surface area is 125 Å². The summed E-state index contributed by atoms with van der Waals surface area (Å²) in [6, 6.07) is 1.57. The maximum Gasteiger partial charge on any atom is 0.308 e. The van der Waals surface area contributed by atoms with Gasteiger partial charge in [0.15, 0.2) is 0 Å². The van der Waals surface area contributed by atoms with Gasteiger partial charge in [-0.25, -0.2) is 0 Å². The zero-order valence-corrected chi connectivity index (χ0v) is 12.7. The van der Waals surface area contributed by atoms with Crippen molar-refractivity contribution in [3.05, 3.63) is 16.6 Å². The summed E-state index contributed by atoms with van der Waals surface area (Å²) >= 11 is 1.39.